The molecule has 0 bridgehead atoms. The van der Waals surface area contributed by atoms with Crippen molar-refractivity contribution >= 4 is 23.9 Å². The molecule has 0 fully saturated rings. The Bertz CT molecular complexity index is 1220. The van der Waals surface area contributed by atoms with Crippen molar-refractivity contribution in [2.75, 3.05) is 11.4 Å². The number of anilines is 1. The van der Waals surface area contributed by atoms with Crippen molar-refractivity contribution in [1.29, 1.82) is 5.41 Å². The zero-order chi connectivity index (χ0) is 25.8. The first-order chi connectivity index (χ1) is 16.4. The maximum atomic E-state index is 14.8. The van der Waals surface area contributed by atoms with Gasteiger partial charge < -0.3 is 14.4 Å². The smallest absolute Gasteiger partial charge is 0.414 e. The van der Waals surface area contributed by atoms with E-state index in [1.165, 1.54) is 12.1 Å². The minimum Gasteiger partial charge on any atom is -0.480 e. The number of carbonyl (C=O) groups is 2. The van der Waals surface area contributed by atoms with Crippen LogP contribution in [0, 0.1) is 11.2 Å². The molecule has 0 aliphatic heterocycles. The summed E-state index contributed by atoms with van der Waals surface area (Å²) in [7, 11) is 0. The van der Waals surface area contributed by atoms with E-state index < -0.39 is 36.1 Å². The Kier molecular flexibility index (Phi) is 7.53. The van der Waals surface area contributed by atoms with Crippen LogP contribution in [-0.2, 0) is 9.53 Å². The van der Waals surface area contributed by atoms with Crippen LogP contribution in [-0.4, -0.2) is 40.4 Å². The quantitative estimate of drug-likeness (QED) is 0.334. The second-order valence-corrected chi connectivity index (χ2v) is 8.87. The fraction of sp³-hybridized carbons (Fsp3) is 0.280. The molecular weight excluding hydrogens is 455 g/mol. The van der Waals surface area contributed by atoms with E-state index in [1.807, 2.05) is 30.3 Å². The van der Waals surface area contributed by atoms with Gasteiger partial charge in [-0.05, 0) is 38.0 Å². The number of carbonyl (C=O) groups excluding carboxylic acids is 1. The molecule has 3 N–H and O–H groups in total. The molecule has 1 aromatic heterocycles. The number of hydrogen-bond acceptors (Lipinski definition) is 6. The number of alkyl carbamates (subject to hydrolysis) is 1. The van der Waals surface area contributed by atoms with Crippen LogP contribution in [0.3, 0.4) is 0 Å². The van der Waals surface area contributed by atoms with Crippen molar-refractivity contribution in [3.63, 3.8) is 0 Å². The Morgan fingerprint density at radius 1 is 1.20 bits per heavy atom. The lowest BCUT2D eigenvalue weighted by molar-refractivity contribution is -0.135. The summed E-state index contributed by atoms with van der Waals surface area (Å²) in [6.07, 6.45) is -0.917. The lowest BCUT2D eigenvalue weighted by atomic mass is 9.95. The normalized spacial score (nSPS) is 12.0. The van der Waals surface area contributed by atoms with Crippen molar-refractivity contribution in [3.05, 3.63) is 71.7 Å². The predicted molar refractivity (Wildman–Crippen MR) is 128 cm³/mol. The van der Waals surface area contributed by atoms with Gasteiger partial charge in [0.2, 0.25) is 11.8 Å². The number of ether oxygens (including phenoxy) is 1. The fourth-order valence-electron chi connectivity index (χ4n) is 3.30. The summed E-state index contributed by atoms with van der Waals surface area (Å²) >= 11 is 0. The maximum Gasteiger partial charge on any atom is 0.414 e. The van der Waals surface area contributed by atoms with Crippen molar-refractivity contribution in [3.8, 4) is 11.1 Å². The standard InChI is InChI=1S/C25H27FN4O5/c1-15(17-10-11-18(19(26)12-17)16-8-6-5-7-9-16)20-13-21(35-29-20)30(14-22(31)32)23(27)28-24(33)34-25(2,3)4/h5-13,15H,14H2,1-4H3,(H,31,32)(H2,27,28,33). The van der Waals surface area contributed by atoms with Crippen LogP contribution in [0.5, 0.6) is 0 Å². The third-order valence-corrected chi connectivity index (χ3v) is 4.99. The molecule has 184 valence electrons. The largest absolute Gasteiger partial charge is 0.480 e. The molecule has 1 atom stereocenters. The van der Waals surface area contributed by atoms with E-state index in [2.05, 4.69) is 10.5 Å². The summed E-state index contributed by atoms with van der Waals surface area (Å²) in [6.45, 7) is 6.10. The zero-order valence-electron chi connectivity index (χ0n) is 19.8. The number of halogens is 1. The number of aliphatic carboxylic acids is 1. The second kappa shape index (κ2) is 10.4. The van der Waals surface area contributed by atoms with E-state index in [9.17, 15) is 19.1 Å². The fourth-order valence-corrected chi connectivity index (χ4v) is 3.30. The highest BCUT2D eigenvalue weighted by Crippen LogP contribution is 2.30. The number of carboxylic acid groups (broad SMARTS) is 1. The molecule has 0 aliphatic carbocycles. The molecule has 1 heterocycles. The molecule has 2 aromatic carbocycles. The molecule has 0 radical (unpaired) electrons. The molecule has 1 amide bonds. The SMILES string of the molecule is CC(c1ccc(-c2ccccc2)c(F)c1)c1cc(N(CC(=O)O)C(=N)NC(=O)OC(C)(C)C)on1. The van der Waals surface area contributed by atoms with Crippen molar-refractivity contribution < 1.29 is 28.3 Å². The Balaban J connectivity index is 1.80. The van der Waals surface area contributed by atoms with Crippen molar-refractivity contribution in [2.45, 2.75) is 39.2 Å². The van der Waals surface area contributed by atoms with Gasteiger partial charge in [0.15, 0.2) is 0 Å². The summed E-state index contributed by atoms with van der Waals surface area (Å²) in [5.41, 5.74) is 1.45. The summed E-state index contributed by atoms with van der Waals surface area (Å²) < 4.78 is 25.2. The Morgan fingerprint density at radius 3 is 2.49 bits per heavy atom. The van der Waals surface area contributed by atoms with E-state index in [1.54, 1.807) is 39.8 Å². The number of rotatable bonds is 6. The number of nitrogens with zero attached hydrogens (tertiary/aromatic N) is 2. The van der Waals surface area contributed by atoms with Crippen LogP contribution < -0.4 is 10.2 Å². The molecule has 0 spiro atoms. The van der Waals surface area contributed by atoms with Crippen LogP contribution in [0.4, 0.5) is 15.1 Å². The number of hydrogen-bond donors (Lipinski definition) is 3. The number of nitrogens with one attached hydrogen (secondary N) is 2. The van der Waals surface area contributed by atoms with E-state index in [-0.39, 0.29) is 11.7 Å². The number of guanidine groups is 1. The van der Waals surface area contributed by atoms with E-state index in [0.29, 0.717) is 16.8 Å². The Morgan fingerprint density at radius 2 is 1.89 bits per heavy atom. The van der Waals surface area contributed by atoms with Gasteiger partial charge in [-0.25, -0.2) is 9.18 Å². The van der Waals surface area contributed by atoms with Gasteiger partial charge in [0.1, 0.15) is 18.0 Å². The van der Waals surface area contributed by atoms with Crippen molar-refractivity contribution in [2.24, 2.45) is 0 Å². The van der Waals surface area contributed by atoms with E-state index in [4.69, 9.17) is 14.7 Å². The number of benzene rings is 2. The molecular formula is C25H27FN4O5. The summed E-state index contributed by atoms with van der Waals surface area (Å²) in [6, 6.07) is 15.5. The monoisotopic (exact) mass is 482 g/mol. The van der Waals surface area contributed by atoms with Gasteiger partial charge in [-0.3, -0.25) is 20.4 Å². The maximum absolute atomic E-state index is 14.8. The van der Waals surface area contributed by atoms with Gasteiger partial charge in [0.05, 0.1) is 5.69 Å². The molecule has 0 saturated heterocycles. The molecule has 35 heavy (non-hydrogen) atoms. The second-order valence-electron chi connectivity index (χ2n) is 8.87. The number of aromatic nitrogens is 1. The van der Waals surface area contributed by atoms with Crippen LogP contribution in [0.25, 0.3) is 11.1 Å². The summed E-state index contributed by atoms with van der Waals surface area (Å²) in [5, 5.41) is 23.6. The third-order valence-electron chi connectivity index (χ3n) is 4.99. The minimum atomic E-state index is -1.26. The van der Waals surface area contributed by atoms with Crippen LogP contribution in [0.1, 0.15) is 44.9 Å². The first-order valence-corrected chi connectivity index (χ1v) is 10.8. The molecule has 0 saturated carbocycles. The van der Waals surface area contributed by atoms with Gasteiger partial charge in [0, 0.05) is 17.5 Å². The van der Waals surface area contributed by atoms with Crippen LogP contribution in [0.15, 0.2) is 59.1 Å². The molecule has 0 aliphatic rings. The topological polar surface area (TPSA) is 129 Å². The van der Waals surface area contributed by atoms with Gasteiger partial charge in [0.25, 0.3) is 0 Å². The van der Waals surface area contributed by atoms with E-state index in [0.717, 1.165) is 10.5 Å². The minimum absolute atomic E-state index is 0.0725. The first kappa shape index (κ1) is 25.4. The zero-order valence-corrected chi connectivity index (χ0v) is 19.8. The first-order valence-electron chi connectivity index (χ1n) is 10.8. The molecule has 9 nitrogen and oxygen atoms in total. The Hall–Kier alpha value is -4.21. The highest BCUT2D eigenvalue weighted by molar-refractivity contribution is 6.03. The third kappa shape index (κ3) is 6.66. The highest BCUT2D eigenvalue weighted by Gasteiger charge is 2.26. The molecule has 3 aromatic rings. The average Bonchev–Trinajstić information content (AvgIpc) is 3.25. The number of amides is 1. The van der Waals surface area contributed by atoms with Gasteiger partial charge >= 0.3 is 12.1 Å². The Labute approximate surface area is 202 Å². The molecule has 10 heteroatoms. The van der Waals surface area contributed by atoms with Crippen molar-refractivity contribution in [1.82, 2.24) is 10.5 Å². The summed E-state index contributed by atoms with van der Waals surface area (Å²) in [5.74, 6) is -2.68. The van der Waals surface area contributed by atoms with Gasteiger partial charge in [-0.15, -0.1) is 0 Å². The van der Waals surface area contributed by atoms with Gasteiger partial charge in [-0.1, -0.05) is 54.5 Å². The number of carboxylic acids is 1. The van der Waals surface area contributed by atoms with E-state index >= 15 is 0 Å². The lowest BCUT2D eigenvalue weighted by Crippen LogP contribution is -2.47. The molecule has 3 rings (SSSR count). The van der Waals surface area contributed by atoms with Gasteiger partial charge in [-0.2, -0.15) is 0 Å². The highest BCUT2D eigenvalue weighted by atomic mass is 19.1. The van der Waals surface area contributed by atoms with Crippen LogP contribution >= 0.6 is 0 Å². The molecule has 1 unspecified atom stereocenters. The van der Waals surface area contributed by atoms with Crippen LogP contribution in [0.2, 0.25) is 0 Å². The lowest BCUT2D eigenvalue weighted by Gasteiger charge is -2.23. The summed E-state index contributed by atoms with van der Waals surface area (Å²) in [4.78, 5) is 24.3. The average molecular weight is 483 g/mol. The predicted octanol–water partition coefficient (Wildman–Crippen LogP) is 4.98.